The van der Waals surface area contributed by atoms with Crippen LogP contribution in [0.1, 0.15) is 5.56 Å². The Balaban J connectivity index is 1.98. The van der Waals surface area contributed by atoms with E-state index in [0.717, 1.165) is 42.8 Å². The van der Waals surface area contributed by atoms with Gasteiger partial charge in [-0.2, -0.15) is 0 Å². The number of benzene rings is 1. The van der Waals surface area contributed by atoms with Crippen LogP contribution in [0.25, 0.3) is 0 Å². The third-order valence-corrected chi connectivity index (χ3v) is 3.74. The quantitative estimate of drug-likeness (QED) is 0.824. The molecule has 2 rings (SSSR count). The maximum atomic E-state index is 12.9. The van der Waals surface area contributed by atoms with Gasteiger partial charge in [0.05, 0.1) is 0 Å². The third-order valence-electron chi connectivity index (χ3n) is 3.00. The van der Waals surface area contributed by atoms with Gasteiger partial charge in [0.25, 0.3) is 0 Å². The zero-order valence-corrected chi connectivity index (χ0v) is 11.0. The predicted octanol–water partition coefficient (Wildman–Crippen LogP) is 2.34. The van der Waals surface area contributed by atoms with Crippen LogP contribution in [0.15, 0.2) is 22.7 Å². The van der Waals surface area contributed by atoms with E-state index in [0.29, 0.717) is 0 Å². The summed E-state index contributed by atoms with van der Waals surface area (Å²) in [5.41, 5.74) is 1.16. The summed E-state index contributed by atoms with van der Waals surface area (Å²) in [6.07, 6.45) is 0. The zero-order chi connectivity index (χ0) is 11.5. The molecule has 1 aliphatic heterocycles. The van der Waals surface area contributed by atoms with Crippen LogP contribution in [0, 0.1) is 5.82 Å². The van der Waals surface area contributed by atoms with Gasteiger partial charge in [0.1, 0.15) is 5.82 Å². The molecule has 0 amide bonds. The van der Waals surface area contributed by atoms with Crippen molar-refractivity contribution in [1.29, 1.82) is 0 Å². The van der Waals surface area contributed by atoms with E-state index in [9.17, 15) is 4.39 Å². The summed E-state index contributed by atoms with van der Waals surface area (Å²) in [6, 6.07) is 4.92. The molecule has 16 heavy (non-hydrogen) atoms. The van der Waals surface area contributed by atoms with Gasteiger partial charge in [0, 0.05) is 37.2 Å². The maximum Gasteiger partial charge on any atom is 0.124 e. The van der Waals surface area contributed by atoms with Crippen LogP contribution in [-0.2, 0) is 6.54 Å². The number of likely N-dealkylation sites (N-methyl/N-ethyl adjacent to an activating group) is 1. The van der Waals surface area contributed by atoms with Crippen LogP contribution in [-0.4, -0.2) is 43.0 Å². The minimum Gasteiger partial charge on any atom is -0.304 e. The number of halogens is 2. The van der Waals surface area contributed by atoms with Crippen molar-refractivity contribution in [3.05, 3.63) is 34.1 Å². The first-order valence-electron chi connectivity index (χ1n) is 5.50. The Morgan fingerprint density at radius 3 is 2.56 bits per heavy atom. The van der Waals surface area contributed by atoms with Gasteiger partial charge < -0.3 is 4.90 Å². The molecule has 1 aliphatic rings. The minimum atomic E-state index is -0.186. The Kier molecular flexibility index (Phi) is 3.95. The van der Waals surface area contributed by atoms with Gasteiger partial charge in [0.2, 0.25) is 0 Å². The molecule has 1 heterocycles. The van der Waals surface area contributed by atoms with E-state index in [-0.39, 0.29) is 5.82 Å². The lowest BCUT2D eigenvalue weighted by atomic mass is 10.2. The molecular weight excluding hydrogens is 271 g/mol. The van der Waals surface area contributed by atoms with Crippen molar-refractivity contribution in [2.24, 2.45) is 0 Å². The fourth-order valence-electron chi connectivity index (χ4n) is 1.90. The van der Waals surface area contributed by atoms with Crippen molar-refractivity contribution >= 4 is 15.9 Å². The molecule has 0 atom stereocenters. The molecule has 0 aliphatic carbocycles. The van der Waals surface area contributed by atoms with Crippen molar-refractivity contribution in [2.45, 2.75) is 6.54 Å². The molecule has 2 nitrogen and oxygen atoms in total. The molecule has 0 radical (unpaired) electrons. The van der Waals surface area contributed by atoms with Gasteiger partial charge >= 0.3 is 0 Å². The van der Waals surface area contributed by atoms with Gasteiger partial charge in [-0.15, -0.1) is 0 Å². The van der Waals surface area contributed by atoms with Crippen molar-refractivity contribution in [2.75, 3.05) is 33.2 Å². The van der Waals surface area contributed by atoms with Gasteiger partial charge in [-0.05, 0) is 24.7 Å². The number of hydrogen-bond acceptors (Lipinski definition) is 2. The first-order valence-corrected chi connectivity index (χ1v) is 6.29. The van der Waals surface area contributed by atoms with Crippen LogP contribution >= 0.6 is 15.9 Å². The van der Waals surface area contributed by atoms with Crippen LogP contribution in [0.5, 0.6) is 0 Å². The first kappa shape index (κ1) is 12.0. The molecule has 1 saturated heterocycles. The van der Waals surface area contributed by atoms with Crippen molar-refractivity contribution in [1.82, 2.24) is 9.80 Å². The summed E-state index contributed by atoms with van der Waals surface area (Å²) < 4.78 is 13.8. The Hall–Kier alpha value is -0.450. The molecule has 1 aromatic carbocycles. The Bertz CT molecular complexity index is 362. The number of piperazine rings is 1. The van der Waals surface area contributed by atoms with E-state index in [2.05, 4.69) is 32.8 Å². The second-order valence-electron chi connectivity index (χ2n) is 4.32. The molecule has 0 aromatic heterocycles. The van der Waals surface area contributed by atoms with E-state index in [4.69, 9.17) is 0 Å². The highest BCUT2D eigenvalue weighted by molar-refractivity contribution is 9.10. The zero-order valence-electron chi connectivity index (χ0n) is 9.42. The Labute approximate surface area is 104 Å². The molecule has 0 saturated carbocycles. The van der Waals surface area contributed by atoms with Crippen molar-refractivity contribution in [3.63, 3.8) is 0 Å². The SMILES string of the molecule is CN1CCN(Cc2ccc(F)cc2Br)CC1. The average molecular weight is 287 g/mol. The number of nitrogens with zero attached hydrogens (tertiary/aromatic N) is 2. The van der Waals surface area contributed by atoms with Crippen LogP contribution < -0.4 is 0 Å². The summed E-state index contributed by atoms with van der Waals surface area (Å²) in [6.45, 7) is 5.28. The van der Waals surface area contributed by atoms with Crippen LogP contribution in [0.4, 0.5) is 4.39 Å². The van der Waals surface area contributed by atoms with Crippen LogP contribution in [0.2, 0.25) is 0 Å². The summed E-state index contributed by atoms with van der Waals surface area (Å²) in [7, 11) is 2.14. The second-order valence-corrected chi connectivity index (χ2v) is 5.17. The third kappa shape index (κ3) is 3.03. The highest BCUT2D eigenvalue weighted by Crippen LogP contribution is 2.20. The number of rotatable bonds is 2. The molecule has 1 aromatic rings. The van der Waals surface area contributed by atoms with Crippen molar-refractivity contribution in [3.8, 4) is 0 Å². The largest absolute Gasteiger partial charge is 0.304 e. The Morgan fingerprint density at radius 2 is 1.94 bits per heavy atom. The lowest BCUT2D eigenvalue weighted by molar-refractivity contribution is 0.148. The summed E-state index contributed by atoms with van der Waals surface area (Å²) >= 11 is 3.41. The van der Waals surface area contributed by atoms with E-state index in [1.165, 1.54) is 12.1 Å². The highest BCUT2D eigenvalue weighted by atomic mass is 79.9. The summed E-state index contributed by atoms with van der Waals surface area (Å²) in [5.74, 6) is -0.186. The fourth-order valence-corrected chi connectivity index (χ4v) is 2.37. The first-order chi connectivity index (χ1) is 7.65. The average Bonchev–Trinajstić information content (AvgIpc) is 2.25. The van der Waals surface area contributed by atoms with E-state index >= 15 is 0 Å². The predicted molar refractivity (Wildman–Crippen MR) is 66.9 cm³/mol. The monoisotopic (exact) mass is 286 g/mol. The molecule has 4 heteroatoms. The van der Waals surface area contributed by atoms with Gasteiger partial charge in [-0.3, -0.25) is 4.90 Å². The molecular formula is C12H16BrFN2. The molecule has 0 unspecified atom stereocenters. The van der Waals surface area contributed by atoms with Gasteiger partial charge in [0.15, 0.2) is 0 Å². The molecule has 1 fully saturated rings. The highest BCUT2D eigenvalue weighted by Gasteiger charge is 2.14. The number of hydrogen-bond donors (Lipinski definition) is 0. The standard InChI is InChI=1S/C12H16BrFN2/c1-15-4-6-16(7-5-15)9-10-2-3-11(14)8-12(10)13/h2-3,8H,4-7,9H2,1H3. The molecule has 0 spiro atoms. The molecule has 0 N–H and O–H groups in total. The van der Waals surface area contributed by atoms with Crippen LogP contribution in [0.3, 0.4) is 0 Å². The van der Waals surface area contributed by atoms with Crippen molar-refractivity contribution < 1.29 is 4.39 Å². The van der Waals surface area contributed by atoms with E-state index in [1.807, 2.05) is 6.07 Å². The normalized spacial score (nSPS) is 18.9. The molecule has 0 bridgehead atoms. The minimum absolute atomic E-state index is 0.186. The Morgan fingerprint density at radius 1 is 1.25 bits per heavy atom. The van der Waals surface area contributed by atoms with Gasteiger partial charge in [-0.1, -0.05) is 22.0 Å². The lowest BCUT2D eigenvalue weighted by Crippen LogP contribution is -2.43. The maximum absolute atomic E-state index is 12.9. The smallest absolute Gasteiger partial charge is 0.124 e. The summed E-state index contributed by atoms with van der Waals surface area (Å²) in [4.78, 5) is 4.73. The second kappa shape index (κ2) is 5.25. The van der Waals surface area contributed by atoms with E-state index < -0.39 is 0 Å². The lowest BCUT2D eigenvalue weighted by Gasteiger charge is -2.32. The van der Waals surface area contributed by atoms with E-state index in [1.54, 1.807) is 0 Å². The summed E-state index contributed by atoms with van der Waals surface area (Å²) in [5, 5.41) is 0. The fraction of sp³-hybridized carbons (Fsp3) is 0.500. The topological polar surface area (TPSA) is 6.48 Å². The molecule has 88 valence electrons. The van der Waals surface area contributed by atoms with Gasteiger partial charge in [-0.25, -0.2) is 4.39 Å².